The van der Waals surface area contributed by atoms with Gasteiger partial charge in [0.2, 0.25) is 0 Å². The highest BCUT2D eigenvalue weighted by atomic mass is 35.5. The van der Waals surface area contributed by atoms with Crippen LogP contribution in [0.15, 0.2) is 70.2 Å². The second-order valence-corrected chi connectivity index (χ2v) is 7.46. The van der Waals surface area contributed by atoms with Gasteiger partial charge in [-0.2, -0.15) is 5.10 Å². The molecular formula is C21H13ClN2O4S. The van der Waals surface area contributed by atoms with E-state index in [-0.39, 0.29) is 5.56 Å². The van der Waals surface area contributed by atoms with E-state index in [9.17, 15) is 9.59 Å². The van der Waals surface area contributed by atoms with Gasteiger partial charge < -0.3 is 9.52 Å². The number of carboxylic acids is 1. The highest BCUT2D eigenvalue weighted by Gasteiger charge is 2.16. The van der Waals surface area contributed by atoms with Crippen LogP contribution in [0.3, 0.4) is 0 Å². The van der Waals surface area contributed by atoms with E-state index in [2.05, 4.69) is 10.5 Å². The minimum atomic E-state index is -1.01. The number of carbonyl (C=O) groups excluding carboxylic acids is 1. The summed E-state index contributed by atoms with van der Waals surface area (Å²) in [5, 5.41) is 14.2. The van der Waals surface area contributed by atoms with Crippen LogP contribution in [0, 0.1) is 0 Å². The third-order valence-corrected chi connectivity index (χ3v) is 5.79. The summed E-state index contributed by atoms with van der Waals surface area (Å²) in [6, 6.07) is 17.3. The van der Waals surface area contributed by atoms with Gasteiger partial charge in [0.25, 0.3) is 5.91 Å². The summed E-state index contributed by atoms with van der Waals surface area (Å²) < 4.78 is 6.57. The molecule has 144 valence electrons. The minimum absolute atomic E-state index is 0.168. The molecule has 0 aliphatic heterocycles. The molecule has 1 amide bonds. The van der Waals surface area contributed by atoms with Crippen molar-refractivity contribution in [2.75, 3.05) is 0 Å². The fourth-order valence-corrected chi connectivity index (χ4v) is 4.16. The van der Waals surface area contributed by atoms with Gasteiger partial charge in [0, 0.05) is 15.6 Å². The summed E-state index contributed by atoms with van der Waals surface area (Å²) in [5.41, 5.74) is 3.24. The van der Waals surface area contributed by atoms with Crippen molar-refractivity contribution in [2.24, 2.45) is 5.10 Å². The van der Waals surface area contributed by atoms with Crippen molar-refractivity contribution in [2.45, 2.75) is 0 Å². The third kappa shape index (κ3) is 3.91. The third-order valence-electron chi connectivity index (χ3n) is 4.12. The molecule has 0 bridgehead atoms. The number of furan rings is 1. The van der Waals surface area contributed by atoms with Gasteiger partial charge in [0.05, 0.1) is 16.8 Å². The molecule has 29 heavy (non-hydrogen) atoms. The van der Waals surface area contributed by atoms with Crippen molar-refractivity contribution >= 4 is 51.1 Å². The Balaban J connectivity index is 1.47. The molecule has 0 atom stereocenters. The number of halogens is 1. The number of hydrogen-bond acceptors (Lipinski definition) is 5. The van der Waals surface area contributed by atoms with Gasteiger partial charge in [0.15, 0.2) is 0 Å². The molecule has 0 radical (unpaired) electrons. The number of hydrogen-bond donors (Lipinski definition) is 2. The van der Waals surface area contributed by atoms with Crippen LogP contribution in [0.4, 0.5) is 0 Å². The first kappa shape index (κ1) is 18.9. The number of nitrogens with zero attached hydrogens (tertiary/aromatic N) is 1. The van der Waals surface area contributed by atoms with E-state index in [0.717, 1.165) is 10.1 Å². The average Bonchev–Trinajstić information content (AvgIpc) is 3.33. The van der Waals surface area contributed by atoms with Crippen molar-refractivity contribution in [3.8, 4) is 11.3 Å². The number of thiophene rings is 1. The normalized spacial score (nSPS) is 11.2. The first-order valence-electron chi connectivity index (χ1n) is 8.47. The zero-order valence-corrected chi connectivity index (χ0v) is 16.3. The summed E-state index contributed by atoms with van der Waals surface area (Å²) in [5.74, 6) is -0.520. The van der Waals surface area contributed by atoms with E-state index < -0.39 is 11.9 Å². The van der Waals surface area contributed by atoms with Gasteiger partial charge in [-0.05, 0) is 30.3 Å². The SMILES string of the molecule is O=C(O)c1cccc(-c2ccc(C=NNC(=O)c3sc4ccccc4c3Cl)o2)c1. The van der Waals surface area contributed by atoms with E-state index in [1.54, 1.807) is 24.3 Å². The number of carboxylic acid groups (broad SMARTS) is 1. The number of amides is 1. The number of aromatic carboxylic acids is 1. The summed E-state index contributed by atoms with van der Waals surface area (Å²) >= 11 is 7.59. The van der Waals surface area contributed by atoms with Crippen LogP contribution < -0.4 is 5.43 Å². The van der Waals surface area contributed by atoms with E-state index in [1.165, 1.54) is 29.7 Å². The van der Waals surface area contributed by atoms with Gasteiger partial charge in [0.1, 0.15) is 16.4 Å². The fourth-order valence-electron chi connectivity index (χ4n) is 2.75. The fraction of sp³-hybridized carbons (Fsp3) is 0. The van der Waals surface area contributed by atoms with Crippen LogP contribution in [0.5, 0.6) is 0 Å². The summed E-state index contributed by atoms with van der Waals surface area (Å²) in [6.07, 6.45) is 1.36. The van der Waals surface area contributed by atoms with Crippen molar-refractivity contribution in [3.63, 3.8) is 0 Å². The molecule has 0 spiro atoms. The lowest BCUT2D eigenvalue weighted by Crippen LogP contribution is -2.16. The second kappa shape index (κ2) is 7.90. The molecule has 8 heteroatoms. The number of rotatable bonds is 5. The molecule has 0 fully saturated rings. The quantitative estimate of drug-likeness (QED) is 0.337. The minimum Gasteiger partial charge on any atom is -0.478 e. The highest BCUT2D eigenvalue weighted by Crippen LogP contribution is 2.34. The monoisotopic (exact) mass is 424 g/mol. The van der Waals surface area contributed by atoms with Crippen LogP contribution in [-0.2, 0) is 0 Å². The smallest absolute Gasteiger partial charge is 0.335 e. The molecule has 2 N–H and O–H groups in total. The Morgan fingerprint density at radius 2 is 1.93 bits per heavy atom. The maximum atomic E-state index is 12.4. The van der Waals surface area contributed by atoms with Gasteiger partial charge in [-0.1, -0.05) is 41.9 Å². The Labute approximate surface area is 174 Å². The topological polar surface area (TPSA) is 91.9 Å². The van der Waals surface area contributed by atoms with E-state index in [1.807, 2.05) is 24.3 Å². The van der Waals surface area contributed by atoms with Crippen molar-refractivity contribution < 1.29 is 19.1 Å². The summed E-state index contributed by atoms with van der Waals surface area (Å²) in [7, 11) is 0. The molecule has 2 aromatic carbocycles. The van der Waals surface area contributed by atoms with Crippen molar-refractivity contribution in [3.05, 3.63) is 81.9 Å². The lowest BCUT2D eigenvalue weighted by Gasteiger charge is -1.99. The first-order valence-corrected chi connectivity index (χ1v) is 9.66. The molecule has 0 aliphatic rings. The van der Waals surface area contributed by atoms with Gasteiger partial charge in [-0.3, -0.25) is 4.79 Å². The van der Waals surface area contributed by atoms with Gasteiger partial charge >= 0.3 is 5.97 Å². The number of benzene rings is 2. The molecule has 0 aliphatic carbocycles. The van der Waals surface area contributed by atoms with Crippen molar-refractivity contribution in [1.82, 2.24) is 5.43 Å². The largest absolute Gasteiger partial charge is 0.478 e. The Bertz CT molecular complexity index is 1260. The summed E-state index contributed by atoms with van der Waals surface area (Å²) in [6.45, 7) is 0. The van der Waals surface area contributed by atoms with Crippen LogP contribution in [0.1, 0.15) is 25.8 Å². The molecule has 0 saturated carbocycles. The van der Waals surface area contributed by atoms with E-state index in [0.29, 0.717) is 27.0 Å². The number of fused-ring (bicyclic) bond motifs is 1. The standard InChI is InChI=1S/C21H13ClN2O4S/c22-18-15-6-1-2-7-17(15)29-19(18)20(25)24-23-11-14-8-9-16(28-14)12-4-3-5-13(10-12)21(26)27/h1-11H,(H,24,25)(H,26,27). The van der Waals surface area contributed by atoms with Gasteiger partial charge in [-0.15, -0.1) is 11.3 Å². The number of nitrogens with one attached hydrogen (secondary N) is 1. The van der Waals surface area contributed by atoms with Crippen molar-refractivity contribution in [1.29, 1.82) is 0 Å². The lowest BCUT2D eigenvalue weighted by atomic mass is 10.1. The molecule has 2 heterocycles. The number of hydrazone groups is 1. The average molecular weight is 425 g/mol. The van der Waals surface area contributed by atoms with Gasteiger partial charge in [-0.25, -0.2) is 10.2 Å². The molecule has 0 unspecified atom stereocenters. The maximum Gasteiger partial charge on any atom is 0.335 e. The predicted octanol–water partition coefficient (Wildman–Crippen LogP) is 5.28. The predicted molar refractivity (Wildman–Crippen MR) is 113 cm³/mol. The van der Waals surface area contributed by atoms with E-state index >= 15 is 0 Å². The summed E-state index contributed by atoms with van der Waals surface area (Å²) in [4.78, 5) is 23.8. The Hall–Kier alpha value is -3.42. The van der Waals surface area contributed by atoms with E-state index in [4.69, 9.17) is 21.1 Å². The second-order valence-electron chi connectivity index (χ2n) is 6.03. The Morgan fingerprint density at radius 3 is 2.72 bits per heavy atom. The Kier molecular flexibility index (Phi) is 5.16. The zero-order chi connectivity index (χ0) is 20.4. The van der Waals surface area contributed by atoms with Crippen LogP contribution in [0.25, 0.3) is 21.4 Å². The highest BCUT2D eigenvalue weighted by molar-refractivity contribution is 7.21. The molecule has 4 aromatic rings. The molecule has 4 rings (SSSR count). The zero-order valence-electron chi connectivity index (χ0n) is 14.8. The lowest BCUT2D eigenvalue weighted by molar-refractivity contribution is 0.0696. The molecule has 6 nitrogen and oxygen atoms in total. The van der Waals surface area contributed by atoms with Crippen LogP contribution in [-0.4, -0.2) is 23.2 Å². The maximum absolute atomic E-state index is 12.4. The Morgan fingerprint density at radius 1 is 1.10 bits per heavy atom. The number of carbonyl (C=O) groups is 2. The molecule has 0 saturated heterocycles. The molecular weight excluding hydrogens is 412 g/mol. The molecule has 2 aromatic heterocycles. The first-order chi connectivity index (χ1) is 14.0. The van der Waals surface area contributed by atoms with Crippen LogP contribution >= 0.6 is 22.9 Å². The van der Waals surface area contributed by atoms with Crippen LogP contribution in [0.2, 0.25) is 5.02 Å².